The molecular formula is C35H49N7O7. The van der Waals surface area contributed by atoms with Gasteiger partial charge in [-0.1, -0.05) is 74.5 Å². The molecule has 1 heterocycles. The molecular weight excluding hydrogens is 630 g/mol. The molecule has 1 aliphatic rings. The molecule has 3 rings (SSSR count). The summed E-state index contributed by atoms with van der Waals surface area (Å²) in [4.78, 5) is 70.5. The van der Waals surface area contributed by atoms with E-state index in [1.807, 2.05) is 74.5 Å². The number of carboxylic acids is 1. The van der Waals surface area contributed by atoms with E-state index in [-0.39, 0.29) is 50.2 Å². The molecule has 0 bridgehead atoms. The molecule has 0 aliphatic carbocycles. The Hall–Kier alpha value is -5.14. The maximum Gasteiger partial charge on any atom is 0.410 e. The highest BCUT2D eigenvalue weighted by atomic mass is 16.6. The number of nitrogens with zero attached hydrogens (tertiary/aromatic N) is 2. The van der Waals surface area contributed by atoms with Crippen LogP contribution in [0.2, 0.25) is 0 Å². The molecule has 49 heavy (non-hydrogen) atoms. The SMILES string of the molecule is CC(C)C[C@@H](NC(=O)[C@@H](Cc1ccccc1)NC(=O)C1CCN(C(=O)OCc2ccccc2)CC1)C(=O)N[C@H](CCCN=C(N)N)C(=O)O. The average molecular weight is 680 g/mol. The molecule has 14 nitrogen and oxygen atoms in total. The lowest BCUT2D eigenvalue weighted by Crippen LogP contribution is -2.57. The molecule has 8 N–H and O–H groups in total. The third-order valence-corrected chi connectivity index (χ3v) is 8.14. The van der Waals surface area contributed by atoms with Gasteiger partial charge in [0.15, 0.2) is 5.96 Å². The molecule has 1 fully saturated rings. The molecule has 2 aromatic carbocycles. The van der Waals surface area contributed by atoms with Crippen LogP contribution in [-0.4, -0.2) is 83.5 Å². The van der Waals surface area contributed by atoms with Crippen LogP contribution in [0.15, 0.2) is 65.7 Å². The van der Waals surface area contributed by atoms with Gasteiger partial charge in [-0.2, -0.15) is 0 Å². The van der Waals surface area contributed by atoms with Crippen molar-refractivity contribution in [1.82, 2.24) is 20.9 Å². The standard InChI is InChI=1S/C35H49N7O7/c1-23(2)20-28(31(44)39-27(33(46)47)14-9-17-38-34(36)37)41-32(45)29(21-24-10-5-3-6-11-24)40-30(43)26-15-18-42(19-16-26)35(48)49-22-25-12-7-4-8-13-25/h3-8,10-13,23,26-29H,9,14-22H2,1-2H3,(H,39,44)(H,40,43)(H,41,45)(H,46,47)(H4,36,37,38)/t27-,28-,29-/m1/s1. The molecule has 0 saturated carbocycles. The van der Waals surface area contributed by atoms with Crippen LogP contribution in [0.1, 0.15) is 57.1 Å². The Morgan fingerprint density at radius 1 is 0.857 bits per heavy atom. The quantitative estimate of drug-likeness (QED) is 0.0816. The van der Waals surface area contributed by atoms with Crippen molar-refractivity contribution >= 4 is 35.7 Å². The van der Waals surface area contributed by atoms with Gasteiger partial charge in [0, 0.05) is 32.0 Å². The van der Waals surface area contributed by atoms with E-state index in [0.717, 1.165) is 11.1 Å². The number of guanidine groups is 1. The molecule has 14 heteroatoms. The van der Waals surface area contributed by atoms with Gasteiger partial charge >= 0.3 is 12.1 Å². The normalized spacial score (nSPS) is 15.0. The number of amides is 4. The zero-order valence-electron chi connectivity index (χ0n) is 28.2. The van der Waals surface area contributed by atoms with Crippen LogP contribution >= 0.6 is 0 Å². The first kappa shape index (κ1) is 38.3. The van der Waals surface area contributed by atoms with Crippen molar-refractivity contribution in [2.45, 2.75) is 77.1 Å². The molecule has 0 unspecified atom stereocenters. The highest BCUT2D eigenvalue weighted by Crippen LogP contribution is 2.19. The second-order valence-corrected chi connectivity index (χ2v) is 12.6. The lowest BCUT2D eigenvalue weighted by Gasteiger charge is -2.32. The van der Waals surface area contributed by atoms with Gasteiger partial charge in [0.25, 0.3) is 0 Å². The number of piperidine rings is 1. The lowest BCUT2D eigenvalue weighted by atomic mass is 9.95. The van der Waals surface area contributed by atoms with Crippen molar-refractivity contribution in [1.29, 1.82) is 0 Å². The number of likely N-dealkylation sites (tertiary alicyclic amines) is 1. The topological polar surface area (TPSA) is 219 Å². The van der Waals surface area contributed by atoms with Gasteiger partial charge in [-0.3, -0.25) is 19.4 Å². The largest absolute Gasteiger partial charge is 0.480 e. The number of aliphatic carboxylic acids is 1. The minimum Gasteiger partial charge on any atom is -0.480 e. The van der Waals surface area contributed by atoms with Crippen LogP contribution in [0.4, 0.5) is 4.79 Å². The summed E-state index contributed by atoms with van der Waals surface area (Å²) >= 11 is 0. The third kappa shape index (κ3) is 13.5. The zero-order valence-corrected chi connectivity index (χ0v) is 28.2. The summed E-state index contributed by atoms with van der Waals surface area (Å²) in [5.41, 5.74) is 12.3. The molecule has 4 amide bonds. The molecule has 0 radical (unpaired) electrons. The maximum atomic E-state index is 13.8. The van der Waals surface area contributed by atoms with Gasteiger partial charge in [-0.15, -0.1) is 0 Å². The van der Waals surface area contributed by atoms with Gasteiger partial charge in [0.2, 0.25) is 17.7 Å². The number of benzene rings is 2. The van der Waals surface area contributed by atoms with E-state index in [9.17, 15) is 29.1 Å². The second kappa shape index (κ2) is 19.6. The summed E-state index contributed by atoms with van der Waals surface area (Å²) in [5, 5.41) is 17.9. The molecule has 2 aromatic rings. The Morgan fingerprint density at radius 3 is 2.00 bits per heavy atom. The summed E-state index contributed by atoms with van der Waals surface area (Å²) in [6.07, 6.45) is 1.14. The van der Waals surface area contributed by atoms with Crippen LogP contribution in [0.5, 0.6) is 0 Å². The van der Waals surface area contributed by atoms with E-state index in [0.29, 0.717) is 32.4 Å². The van der Waals surface area contributed by atoms with Crippen molar-refractivity contribution in [2.24, 2.45) is 28.3 Å². The fourth-order valence-electron chi connectivity index (χ4n) is 5.49. The van der Waals surface area contributed by atoms with Crippen LogP contribution in [0.25, 0.3) is 0 Å². The van der Waals surface area contributed by atoms with Crippen LogP contribution in [-0.2, 0) is 36.9 Å². The molecule has 1 aliphatic heterocycles. The smallest absolute Gasteiger partial charge is 0.410 e. The molecule has 0 spiro atoms. The molecule has 3 atom stereocenters. The maximum absolute atomic E-state index is 13.8. The number of aliphatic imine (C=N–C) groups is 1. The van der Waals surface area contributed by atoms with Crippen LogP contribution < -0.4 is 27.4 Å². The predicted molar refractivity (Wildman–Crippen MR) is 184 cm³/mol. The van der Waals surface area contributed by atoms with Gasteiger partial charge in [0.1, 0.15) is 24.7 Å². The number of ether oxygens (including phenoxy) is 1. The Kier molecular flexibility index (Phi) is 15.3. The van der Waals surface area contributed by atoms with E-state index in [1.165, 1.54) is 0 Å². The van der Waals surface area contributed by atoms with E-state index >= 15 is 0 Å². The minimum atomic E-state index is -1.22. The Labute approximate surface area is 287 Å². The van der Waals surface area contributed by atoms with Crippen LogP contribution in [0.3, 0.4) is 0 Å². The predicted octanol–water partition coefficient (Wildman–Crippen LogP) is 1.92. The number of nitrogens with two attached hydrogens (primary N) is 2. The van der Waals surface area contributed by atoms with E-state index in [2.05, 4.69) is 20.9 Å². The molecule has 1 saturated heterocycles. The summed E-state index contributed by atoms with van der Waals surface area (Å²) in [7, 11) is 0. The summed E-state index contributed by atoms with van der Waals surface area (Å²) < 4.78 is 5.43. The molecule has 266 valence electrons. The van der Waals surface area contributed by atoms with Gasteiger partial charge in [-0.05, 0) is 49.1 Å². The fourth-order valence-corrected chi connectivity index (χ4v) is 5.49. The summed E-state index contributed by atoms with van der Waals surface area (Å²) in [6.45, 7) is 4.77. The monoisotopic (exact) mass is 679 g/mol. The number of hydrogen-bond acceptors (Lipinski definition) is 7. The summed E-state index contributed by atoms with van der Waals surface area (Å²) in [5.74, 6) is -3.34. The first-order valence-electron chi connectivity index (χ1n) is 16.6. The number of rotatable bonds is 17. The van der Waals surface area contributed by atoms with Gasteiger partial charge in [0.05, 0.1) is 0 Å². The third-order valence-electron chi connectivity index (χ3n) is 8.14. The second-order valence-electron chi connectivity index (χ2n) is 12.6. The number of carbonyl (C=O) groups is 5. The van der Waals surface area contributed by atoms with Crippen molar-refractivity contribution in [2.75, 3.05) is 19.6 Å². The summed E-state index contributed by atoms with van der Waals surface area (Å²) in [6, 6.07) is 15.3. The van der Waals surface area contributed by atoms with Crippen molar-refractivity contribution in [3.8, 4) is 0 Å². The first-order valence-corrected chi connectivity index (χ1v) is 16.6. The number of hydrogen-bond donors (Lipinski definition) is 6. The van der Waals surface area contributed by atoms with Crippen molar-refractivity contribution in [3.63, 3.8) is 0 Å². The highest BCUT2D eigenvalue weighted by molar-refractivity contribution is 5.94. The van der Waals surface area contributed by atoms with E-state index < -0.39 is 47.9 Å². The average Bonchev–Trinajstić information content (AvgIpc) is 3.08. The van der Waals surface area contributed by atoms with E-state index in [4.69, 9.17) is 16.2 Å². The van der Waals surface area contributed by atoms with Gasteiger partial charge in [-0.25, -0.2) is 9.59 Å². The Balaban J connectivity index is 1.64. The number of carboxylic acid groups (broad SMARTS) is 1. The molecule has 0 aromatic heterocycles. The highest BCUT2D eigenvalue weighted by Gasteiger charge is 2.33. The zero-order chi connectivity index (χ0) is 35.8. The fraction of sp³-hybridized carbons (Fsp3) is 0.486. The van der Waals surface area contributed by atoms with Crippen molar-refractivity contribution in [3.05, 3.63) is 71.8 Å². The minimum absolute atomic E-state index is 0.0204. The number of carbonyl (C=O) groups excluding carboxylic acids is 4. The van der Waals surface area contributed by atoms with E-state index in [1.54, 1.807) is 4.90 Å². The Morgan fingerprint density at radius 2 is 1.43 bits per heavy atom. The Bertz CT molecular complexity index is 1410. The van der Waals surface area contributed by atoms with Crippen molar-refractivity contribution < 1.29 is 33.8 Å². The first-order chi connectivity index (χ1) is 23.4. The van der Waals surface area contributed by atoms with Crippen LogP contribution in [0, 0.1) is 11.8 Å². The lowest BCUT2D eigenvalue weighted by molar-refractivity contribution is -0.142. The number of nitrogens with one attached hydrogen (secondary N) is 3. The van der Waals surface area contributed by atoms with Gasteiger partial charge < -0.3 is 42.2 Å².